The molecular weight excluding hydrogens is 351 g/mol. The molecule has 0 unspecified atom stereocenters. The lowest BCUT2D eigenvalue weighted by molar-refractivity contribution is 0.0946. The van der Waals surface area contributed by atoms with Crippen molar-refractivity contribution in [3.8, 4) is 10.6 Å². The maximum Gasteiger partial charge on any atom is 0.270 e. The number of halogens is 1. The van der Waals surface area contributed by atoms with E-state index in [0.717, 1.165) is 16.3 Å². The van der Waals surface area contributed by atoms with Gasteiger partial charge >= 0.3 is 0 Å². The summed E-state index contributed by atoms with van der Waals surface area (Å²) in [4.78, 5) is 17.9. The zero-order valence-electron chi connectivity index (χ0n) is 13.9. The van der Waals surface area contributed by atoms with Gasteiger partial charge in [0.05, 0.1) is 4.88 Å². The van der Waals surface area contributed by atoms with E-state index in [1.165, 1.54) is 12.1 Å². The van der Waals surface area contributed by atoms with Crippen molar-refractivity contribution < 1.29 is 9.18 Å². The highest BCUT2D eigenvalue weighted by Crippen LogP contribution is 2.24. The minimum Gasteiger partial charge on any atom is -0.347 e. The number of nitrogens with one attached hydrogen (secondary N) is 1. The van der Waals surface area contributed by atoms with E-state index in [4.69, 9.17) is 0 Å². The molecule has 130 valence electrons. The van der Waals surface area contributed by atoms with Gasteiger partial charge < -0.3 is 5.32 Å². The highest BCUT2D eigenvalue weighted by Gasteiger charge is 2.13. The molecule has 1 N–H and O–H groups in total. The Hall–Kier alpha value is -3.06. The van der Waals surface area contributed by atoms with Crippen molar-refractivity contribution in [2.45, 2.75) is 13.5 Å². The number of thiophene rings is 1. The van der Waals surface area contributed by atoms with Gasteiger partial charge in [-0.05, 0) is 42.1 Å². The number of carbonyl (C=O) groups excluding carboxylic acids is 1. The van der Waals surface area contributed by atoms with Crippen molar-refractivity contribution in [1.82, 2.24) is 19.9 Å². The van der Waals surface area contributed by atoms with Gasteiger partial charge in [-0.3, -0.25) is 4.79 Å². The third-order valence-corrected chi connectivity index (χ3v) is 4.85. The number of carbonyl (C=O) groups is 1. The van der Waals surface area contributed by atoms with Crippen LogP contribution >= 0.6 is 11.3 Å². The molecule has 3 heterocycles. The molecule has 0 aliphatic heterocycles. The molecule has 1 amide bonds. The fourth-order valence-electron chi connectivity index (χ4n) is 2.71. The van der Waals surface area contributed by atoms with Gasteiger partial charge in [-0.25, -0.2) is 13.9 Å². The molecule has 0 bridgehead atoms. The second-order valence-corrected chi connectivity index (χ2v) is 6.82. The second-order valence-electron chi connectivity index (χ2n) is 5.87. The average molecular weight is 366 g/mol. The first-order valence-electron chi connectivity index (χ1n) is 8.04. The largest absolute Gasteiger partial charge is 0.347 e. The summed E-state index contributed by atoms with van der Waals surface area (Å²) in [6.45, 7) is 2.12. The first-order valence-corrected chi connectivity index (χ1v) is 8.92. The van der Waals surface area contributed by atoms with Crippen LogP contribution in [0.1, 0.15) is 21.7 Å². The predicted molar refractivity (Wildman–Crippen MR) is 98.6 cm³/mol. The number of fused-ring (bicyclic) bond motifs is 1. The van der Waals surface area contributed by atoms with Crippen LogP contribution in [0, 0.1) is 12.7 Å². The summed E-state index contributed by atoms with van der Waals surface area (Å²) in [5, 5.41) is 9.31. The van der Waals surface area contributed by atoms with Crippen LogP contribution in [0.2, 0.25) is 0 Å². The molecule has 0 saturated carbocycles. The number of hydrogen-bond acceptors (Lipinski definition) is 4. The van der Waals surface area contributed by atoms with Crippen molar-refractivity contribution >= 4 is 22.9 Å². The zero-order chi connectivity index (χ0) is 18.1. The summed E-state index contributed by atoms with van der Waals surface area (Å²) in [6, 6.07) is 13.7. The summed E-state index contributed by atoms with van der Waals surface area (Å²) in [5.41, 5.74) is 3.26. The third kappa shape index (κ3) is 3.21. The van der Waals surface area contributed by atoms with Crippen LogP contribution in [0.15, 0.2) is 53.9 Å². The quantitative estimate of drug-likeness (QED) is 0.597. The molecule has 0 radical (unpaired) electrons. The lowest BCUT2D eigenvalue weighted by Gasteiger charge is -2.07. The number of nitrogens with zero attached hydrogens (tertiary/aromatic N) is 3. The summed E-state index contributed by atoms with van der Waals surface area (Å²) in [5.74, 6) is -0.633. The minimum atomic E-state index is -0.326. The van der Waals surface area contributed by atoms with Gasteiger partial charge in [0.1, 0.15) is 17.2 Å². The number of aromatic nitrogens is 3. The van der Waals surface area contributed by atoms with Gasteiger partial charge in [0.25, 0.3) is 5.91 Å². The van der Waals surface area contributed by atoms with Crippen LogP contribution < -0.4 is 5.32 Å². The van der Waals surface area contributed by atoms with E-state index in [1.807, 2.05) is 30.5 Å². The first-order chi connectivity index (χ1) is 12.6. The van der Waals surface area contributed by atoms with E-state index in [9.17, 15) is 9.18 Å². The molecule has 5 nitrogen and oxygen atoms in total. The third-order valence-electron chi connectivity index (χ3n) is 3.95. The normalized spacial score (nSPS) is 11.0. The monoisotopic (exact) mass is 366 g/mol. The number of rotatable bonds is 4. The lowest BCUT2D eigenvalue weighted by Crippen LogP contribution is -2.24. The second kappa shape index (κ2) is 6.68. The Balaban J connectivity index is 1.59. The Labute approximate surface area is 153 Å². The van der Waals surface area contributed by atoms with E-state index in [0.29, 0.717) is 16.9 Å². The Morgan fingerprint density at radius 3 is 2.88 bits per heavy atom. The maximum atomic E-state index is 13.2. The Morgan fingerprint density at radius 1 is 1.23 bits per heavy atom. The van der Waals surface area contributed by atoms with Crippen LogP contribution in [0.4, 0.5) is 4.39 Å². The van der Waals surface area contributed by atoms with E-state index < -0.39 is 0 Å². The SMILES string of the molecule is Cc1cc(C(=O)NCc2cccc(F)c2)nc2cc(-c3cccs3)nn12. The van der Waals surface area contributed by atoms with Crippen LogP contribution in [0.25, 0.3) is 16.2 Å². The molecule has 26 heavy (non-hydrogen) atoms. The zero-order valence-corrected chi connectivity index (χ0v) is 14.8. The molecule has 7 heteroatoms. The predicted octanol–water partition coefficient (Wildman–Crippen LogP) is 3.84. The van der Waals surface area contributed by atoms with Gasteiger partial charge in [-0.15, -0.1) is 11.3 Å². The van der Waals surface area contributed by atoms with Crippen molar-refractivity contribution in [3.05, 3.63) is 76.7 Å². The maximum absolute atomic E-state index is 13.2. The molecular formula is C19H15FN4OS. The van der Waals surface area contributed by atoms with Gasteiger partial charge in [0.2, 0.25) is 0 Å². The van der Waals surface area contributed by atoms with Crippen LogP contribution in [-0.4, -0.2) is 20.5 Å². The Bertz CT molecular complexity index is 1090. The Morgan fingerprint density at radius 2 is 2.12 bits per heavy atom. The van der Waals surface area contributed by atoms with Gasteiger partial charge in [-0.1, -0.05) is 18.2 Å². The van der Waals surface area contributed by atoms with Crippen molar-refractivity contribution in [1.29, 1.82) is 0 Å². The van der Waals surface area contributed by atoms with E-state index >= 15 is 0 Å². The molecule has 0 saturated heterocycles. The van der Waals surface area contributed by atoms with Gasteiger partial charge in [-0.2, -0.15) is 5.10 Å². The highest BCUT2D eigenvalue weighted by molar-refractivity contribution is 7.13. The molecule has 0 atom stereocenters. The summed E-state index contributed by atoms with van der Waals surface area (Å²) in [7, 11) is 0. The fourth-order valence-corrected chi connectivity index (χ4v) is 3.39. The van der Waals surface area contributed by atoms with Gasteiger partial charge in [0, 0.05) is 18.3 Å². The molecule has 4 aromatic rings. The number of amides is 1. The molecule has 0 spiro atoms. The van der Waals surface area contributed by atoms with Gasteiger partial charge in [0.15, 0.2) is 5.65 Å². The average Bonchev–Trinajstić information content (AvgIpc) is 3.29. The van der Waals surface area contributed by atoms with Crippen molar-refractivity contribution in [2.24, 2.45) is 0 Å². The van der Waals surface area contributed by atoms with E-state index in [1.54, 1.807) is 34.1 Å². The Kier molecular flexibility index (Phi) is 4.22. The first kappa shape index (κ1) is 16.4. The standard InChI is InChI=1S/C19H15FN4OS/c1-12-8-16(19(25)21-11-13-4-2-5-14(20)9-13)22-18-10-15(23-24(12)18)17-6-3-7-26-17/h2-10H,11H2,1H3,(H,21,25). The number of benzene rings is 1. The van der Waals surface area contributed by atoms with E-state index in [2.05, 4.69) is 15.4 Å². The van der Waals surface area contributed by atoms with Crippen LogP contribution in [0.3, 0.4) is 0 Å². The molecule has 0 aliphatic carbocycles. The van der Waals surface area contributed by atoms with Crippen molar-refractivity contribution in [3.63, 3.8) is 0 Å². The lowest BCUT2D eigenvalue weighted by atomic mass is 10.2. The minimum absolute atomic E-state index is 0.238. The number of hydrogen-bond donors (Lipinski definition) is 1. The molecule has 0 fully saturated rings. The summed E-state index contributed by atoms with van der Waals surface area (Å²) >= 11 is 1.60. The van der Waals surface area contributed by atoms with Crippen LogP contribution in [0.5, 0.6) is 0 Å². The molecule has 0 aliphatic rings. The summed E-state index contributed by atoms with van der Waals surface area (Å²) in [6.07, 6.45) is 0. The van der Waals surface area contributed by atoms with Crippen molar-refractivity contribution in [2.75, 3.05) is 0 Å². The van der Waals surface area contributed by atoms with E-state index in [-0.39, 0.29) is 18.3 Å². The smallest absolute Gasteiger partial charge is 0.270 e. The summed E-state index contributed by atoms with van der Waals surface area (Å²) < 4.78 is 14.9. The molecule has 4 rings (SSSR count). The number of aryl methyl sites for hydroxylation is 1. The topological polar surface area (TPSA) is 59.3 Å². The van der Waals surface area contributed by atoms with Crippen LogP contribution in [-0.2, 0) is 6.54 Å². The highest BCUT2D eigenvalue weighted by atomic mass is 32.1. The molecule has 3 aromatic heterocycles. The fraction of sp³-hybridized carbons (Fsp3) is 0.105. The molecule has 1 aromatic carbocycles.